The second kappa shape index (κ2) is 7.03. The van der Waals surface area contributed by atoms with Crippen molar-refractivity contribution >= 4 is 23.5 Å². The van der Waals surface area contributed by atoms with E-state index in [1.807, 2.05) is 36.4 Å². The van der Waals surface area contributed by atoms with Gasteiger partial charge in [0, 0.05) is 17.1 Å². The summed E-state index contributed by atoms with van der Waals surface area (Å²) in [6, 6.07) is 14.0. The van der Waals surface area contributed by atoms with E-state index in [1.54, 1.807) is 12.1 Å². The smallest absolute Gasteiger partial charge is 0.335 e. The van der Waals surface area contributed by atoms with Gasteiger partial charge in [-0.1, -0.05) is 35.9 Å². The van der Waals surface area contributed by atoms with Gasteiger partial charge in [0.05, 0.1) is 7.11 Å². The first-order valence-electron chi connectivity index (χ1n) is 7.50. The molecule has 0 saturated carbocycles. The Bertz CT molecular complexity index is 777. The van der Waals surface area contributed by atoms with Crippen LogP contribution in [0.3, 0.4) is 0 Å². The van der Waals surface area contributed by atoms with Crippen LogP contribution in [0.25, 0.3) is 0 Å². The average molecular weight is 345 g/mol. The number of nitrogens with two attached hydrogens (primary N) is 1. The van der Waals surface area contributed by atoms with Crippen LogP contribution in [0.1, 0.15) is 22.8 Å². The Kier molecular flexibility index (Phi) is 4.83. The molecule has 3 rings (SSSR count). The van der Waals surface area contributed by atoms with Crippen molar-refractivity contribution in [2.45, 2.75) is 18.7 Å². The minimum absolute atomic E-state index is 0.282. The van der Waals surface area contributed by atoms with Crippen molar-refractivity contribution in [2.75, 3.05) is 7.11 Å². The van der Waals surface area contributed by atoms with Crippen molar-refractivity contribution in [1.82, 2.24) is 0 Å². The standard InChI is InChI=1S/C18H17ClN2O3/c1-23-18(22)15-16(14-8-7-13(19)9-12(14)10-20)24-17(21-15)11-5-3-2-4-6-11/h2-9,15-16H,10,20H2,1H3. The van der Waals surface area contributed by atoms with Gasteiger partial charge in [-0.05, 0) is 35.4 Å². The molecule has 24 heavy (non-hydrogen) atoms. The highest BCUT2D eigenvalue weighted by molar-refractivity contribution is 6.30. The maximum absolute atomic E-state index is 12.2. The minimum Gasteiger partial charge on any atom is -0.467 e. The summed E-state index contributed by atoms with van der Waals surface area (Å²) in [4.78, 5) is 16.6. The summed E-state index contributed by atoms with van der Waals surface area (Å²) in [6.45, 7) is 0.282. The second-order valence-corrected chi connectivity index (χ2v) is 5.79. The van der Waals surface area contributed by atoms with Crippen LogP contribution in [0.4, 0.5) is 0 Å². The number of carbonyl (C=O) groups excluding carboxylic acids is 1. The molecule has 0 spiro atoms. The highest BCUT2D eigenvalue weighted by Gasteiger charge is 2.39. The van der Waals surface area contributed by atoms with Crippen LogP contribution in [-0.4, -0.2) is 25.0 Å². The van der Waals surface area contributed by atoms with E-state index in [0.717, 1.165) is 16.7 Å². The minimum atomic E-state index is -0.781. The fraction of sp³-hybridized carbons (Fsp3) is 0.222. The van der Waals surface area contributed by atoms with Crippen LogP contribution in [0.15, 0.2) is 53.5 Å². The molecule has 1 aliphatic rings. The first kappa shape index (κ1) is 16.5. The van der Waals surface area contributed by atoms with Crippen molar-refractivity contribution in [3.63, 3.8) is 0 Å². The quantitative estimate of drug-likeness (QED) is 0.865. The molecular weight excluding hydrogens is 328 g/mol. The van der Waals surface area contributed by atoms with Gasteiger partial charge in [0.25, 0.3) is 0 Å². The van der Waals surface area contributed by atoms with Crippen LogP contribution in [0.5, 0.6) is 0 Å². The van der Waals surface area contributed by atoms with Crippen molar-refractivity contribution in [3.05, 3.63) is 70.2 Å². The van der Waals surface area contributed by atoms with E-state index in [4.69, 9.17) is 26.8 Å². The summed E-state index contributed by atoms with van der Waals surface area (Å²) in [7, 11) is 1.33. The molecule has 0 bridgehead atoms. The zero-order chi connectivity index (χ0) is 17.1. The summed E-state index contributed by atoms with van der Waals surface area (Å²) < 4.78 is 10.9. The molecule has 0 aliphatic carbocycles. The van der Waals surface area contributed by atoms with Crippen LogP contribution in [0, 0.1) is 0 Å². The highest BCUT2D eigenvalue weighted by Crippen LogP contribution is 2.34. The van der Waals surface area contributed by atoms with E-state index in [-0.39, 0.29) is 6.54 Å². The largest absolute Gasteiger partial charge is 0.467 e. The Labute approximate surface area is 145 Å². The van der Waals surface area contributed by atoms with Gasteiger partial charge in [0.2, 0.25) is 5.90 Å². The van der Waals surface area contributed by atoms with Gasteiger partial charge in [-0.3, -0.25) is 0 Å². The summed E-state index contributed by atoms with van der Waals surface area (Å²) in [5.74, 6) is -0.0437. The van der Waals surface area contributed by atoms with Gasteiger partial charge < -0.3 is 15.2 Å². The van der Waals surface area contributed by atoms with Crippen LogP contribution < -0.4 is 5.73 Å². The highest BCUT2D eigenvalue weighted by atomic mass is 35.5. The van der Waals surface area contributed by atoms with Crippen molar-refractivity contribution < 1.29 is 14.3 Å². The predicted molar refractivity (Wildman–Crippen MR) is 92.0 cm³/mol. The zero-order valence-corrected chi connectivity index (χ0v) is 13.9. The summed E-state index contributed by atoms with van der Waals surface area (Å²) in [6.07, 6.45) is -0.594. The molecule has 2 atom stereocenters. The Morgan fingerprint density at radius 1 is 1.29 bits per heavy atom. The monoisotopic (exact) mass is 344 g/mol. The number of halogens is 1. The lowest BCUT2D eigenvalue weighted by Gasteiger charge is -2.19. The van der Waals surface area contributed by atoms with E-state index in [9.17, 15) is 4.79 Å². The molecule has 0 aromatic heterocycles. The summed E-state index contributed by atoms with van der Waals surface area (Å²) in [5, 5.41) is 0.580. The van der Waals surface area contributed by atoms with Gasteiger partial charge in [-0.2, -0.15) is 0 Å². The van der Waals surface area contributed by atoms with Crippen LogP contribution >= 0.6 is 11.6 Å². The molecule has 0 saturated heterocycles. The normalized spacial score (nSPS) is 19.5. The van der Waals surface area contributed by atoms with E-state index in [1.165, 1.54) is 7.11 Å². The van der Waals surface area contributed by atoms with Gasteiger partial charge in [-0.25, -0.2) is 9.79 Å². The molecule has 2 N–H and O–H groups in total. The number of nitrogens with zero attached hydrogens (tertiary/aromatic N) is 1. The molecular formula is C18H17ClN2O3. The molecule has 6 heteroatoms. The number of carbonyl (C=O) groups is 1. The fourth-order valence-corrected chi connectivity index (χ4v) is 2.89. The molecule has 2 unspecified atom stereocenters. The lowest BCUT2D eigenvalue weighted by atomic mass is 9.97. The number of hydrogen-bond acceptors (Lipinski definition) is 5. The third-order valence-electron chi connectivity index (χ3n) is 3.88. The maximum Gasteiger partial charge on any atom is 0.335 e. The molecule has 5 nitrogen and oxygen atoms in total. The molecule has 0 amide bonds. The number of methoxy groups -OCH3 is 1. The Balaban J connectivity index is 2.00. The van der Waals surface area contributed by atoms with Gasteiger partial charge >= 0.3 is 5.97 Å². The Hall–Kier alpha value is -2.37. The molecule has 1 aliphatic heterocycles. The number of benzene rings is 2. The van der Waals surface area contributed by atoms with E-state index < -0.39 is 18.1 Å². The van der Waals surface area contributed by atoms with Crippen molar-refractivity contribution in [3.8, 4) is 0 Å². The van der Waals surface area contributed by atoms with Crippen molar-refractivity contribution in [2.24, 2.45) is 10.7 Å². The molecule has 0 fully saturated rings. The molecule has 2 aromatic carbocycles. The van der Waals surface area contributed by atoms with Gasteiger partial charge in [-0.15, -0.1) is 0 Å². The number of rotatable bonds is 4. The average Bonchev–Trinajstić information content (AvgIpc) is 3.06. The number of hydrogen-bond donors (Lipinski definition) is 1. The van der Waals surface area contributed by atoms with Crippen LogP contribution in [-0.2, 0) is 20.8 Å². The second-order valence-electron chi connectivity index (χ2n) is 5.35. The molecule has 0 radical (unpaired) electrons. The van der Waals surface area contributed by atoms with E-state index in [0.29, 0.717) is 10.9 Å². The first-order chi connectivity index (χ1) is 11.6. The molecule has 124 valence electrons. The van der Waals surface area contributed by atoms with E-state index in [2.05, 4.69) is 4.99 Å². The Morgan fingerprint density at radius 2 is 2.04 bits per heavy atom. The third kappa shape index (κ3) is 3.13. The third-order valence-corrected chi connectivity index (χ3v) is 4.11. The summed E-state index contributed by atoms with van der Waals surface area (Å²) in [5.41, 5.74) is 8.22. The number of aliphatic imine (C=N–C) groups is 1. The molecule has 2 aromatic rings. The fourth-order valence-electron chi connectivity index (χ4n) is 2.69. The lowest BCUT2D eigenvalue weighted by Crippen LogP contribution is -2.26. The van der Waals surface area contributed by atoms with Gasteiger partial charge in [0.1, 0.15) is 0 Å². The van der Waals surface area contributed by atoms with E-state index >= 15 is 0 Å². The number of esters is 1. The number of ether oxygens (including phenoxy) is 2. The topological polar surface area (TPSA) is 73.9 Å². The SMILES string of the molecule is COC(=O)C1N=C(c2ccccc2)OC1c1ccc(Cl)cc1CN. The maximum atomic E-state index is 12.2. The lowest BCUT2D eigenvalue weighted by molar-refractivity contribution is -0.143. The summed E-state index contributed by atoms with van der Waals surface area (Å²) >= 11 is 6.04. The first-order valence-corrected chi connectivity index (χ1v) is 7.88. The predicted octanol–water partition coefficient (Wildman–Crippen LogP) is 2.86. The van der Waals surface area contributed by atoms with Gasteiger partial charge in [0.15, 0.2) is 12.1 Å². The Morgan fingerprint density at radius 3 is 2.71 bits per heavy atom. The zero-order valence-electron chi connectivity index (χ0n) is 13.1. The van der Waals surface area contributed by atoms with Crippen LogP contribution in [0.2, 0.25) is 5.02 Å². The molecule has 1 heterocycles. The van der Waals surface area contributed by atoms with Crippen molar-refractivity contribution in [1.29, 1.82) is 0 Å².